The summed E-state index contributed by atoms with van der Waals surface area (Å²) < 4.78 is 2.07. The van der Waals surface area contributed by atoms with Gasteiger partial charge in [-0.3, -0.25) is 0 Å². The van der Waals surface area contributed by atoms with Crippen molar-refractivity contribution in [3.05, 3.63) is 18.2 Å². The molecule has 0 aliphatic carbocycles. The molecule has 0 bridgehead atoms. The summed E-state index contributed by atoms with van der Waals surface area (Å²) >= 11 is 1.89. The average Bonchev–Trinajstić information content (AvgIpc) is 2.58. The van der Waals surface area contributed by atoms with E-state index in [1.54, 1.807) is 0 Å². The maximum absolute atomic E-state index is 4.27. The van der Waals surface area contributed by atoms with Crippen LogP contribution in [0.1, 0.15) is 12.7 Å². The molecule has 14 heavy (non-hydrogen) atoms. The minimum Gasteiger partial charge on any atom is -0.338 e. The van der Waals surface area contributed by atoms with Gasteiger partial charge in [0.15, 0.2) is 0 Å². The Bertz CT molecular complexity index is 260. The number of imidazole rings is 1. The van der Waals surface area contributed by atoms with E-state index in [2.05, 4.69) is 28.0 Å². The molecule has 0 amide bonds. The third-order valence-corrected chi connectivity index (χ3v) is 3.25. The van der Waals surface area contributed by atoms with E-state index in [0.717, 1.165) is 25.3 Å². The highest BCUT2D eigenvalue weighted by Crippen LogP contribution is 2.02. The zero-order valence-electron chi connectivity index (χ0n) is 9.16. The molecule has 1 atom stereocenters. The van der Waals surface area contributed by atoms with E-state index < -0.39 is 0 Å². The summed E-state index contributed by atoms with van der Waals surface area (Å²) in [7, 11) is 2.03. The molecule has 1 unspecified atom stereocenters. The fourth-order valence-electron chi connectivity index (χ4n) is 1.23. The predicted molar refractivity (Wildman–Crippen MR) is 62.8 cm³/mol. The number of hydrogen-bond donors (Lipinski definition) is 1. The topological polar surface area (TPSA) is 29.9 Å². The smallest absolute Gasteiger partial charge is 0.109 e. The zero-order chi connectivity index (χ0) is 10.4. The lowest BCUT2D eigenvalue weighted by atomic mass is 10.4. The molecule has 1 heterocycles. The number of rotatable bonds is 6. The predicted octanol–water partition coefficient (Wildman–Crippen LogP) is 1.30. The number of nitrogens with zero attached hydrogens (tertiary/aromatic N) is 2. The zero-order valence-corrected chi connectivity index (χ0v) is 9.97. The second-order valence-electron chi connectivity index (χ2n) is 3.45. The normalized spacial score (nSPS) is 13.1. The quantitative estimate of drug-likeness (QED) is 0.723. The van der Waals surface area contributed by atoms with Crippen molar-refractivity contribution in [1.29, 1.82) is 0 Å². The van der Waals surface area contributed by atoms with E-state index in [-0.39, 0.29) is 0 Å². The lowest BCUT2D eigenvalue weighted by molar-refractivity contribution is 0.651. The van der Waals surface area contributed by atoms with Gasteiger partial charge in [0.05, 0.1) is 0 Å². The first kappa shape index (κ1) is 11.6. The van der Waals surface area contributed by atoms with Crippen LogP contribution in [0.4, 0.5) is 0 Å². The summed E-state index contributed by atoms with van der Waals surface area (Å²) in [5.74, 6) is 1.15. The molecule has 0 saturated carbocycles. The third-order valence-electron chi connectivity index (χ3n) is 2.28. The van der Waals surface area contributed by atoms with E-state index in [0.29, 0.717) is 5.25 Å². The lowest BCUT2D eigenvalue weighted by Crippen LogP contribution is -2.25. The highest BCUT2D eigenvalue weighted by atomic mass is 32.2. The van der Waals surface area contributed by atoms with Gasteiger partial charge in [-0.05, 0) is 6.26 Å². The molecule has 1 N–H and O–H groups in total. The molecule has 80 valence electrons. The fraction of sp³-hybridized carbons (Fsp3) is 0.700. The molecule has 0 fully saturated rings. The van der Waals surface area contributed by atoms with Crippen LogP contribution in [0.15, 0.2) is 12.4 Å². The number of aryl methyl sites for hydroxylation is 1. The van der Waals surface area contributed by atoms with Crippen LogP contribution in [0.3, 0.4) is 0 Å². The summed E-state index contributed by atoms with van der Waals surface area (Å²) in [5.41, 5.74) is 0. The molecule has 0 aromatic carbocycles. The molecule has 3 nitrogen and oxygen atoms in total. The van der Waals surface area contributed by atoms with Crippen molar-refractivity contribution in [2.45, 2.75) is 18.6 Å². The Labute approximate surface area is 90.3 Å². The minimum atomic E-state index is 0.691. The molecular formula is C10H19N3S. The molecule has 1 aromatic heterocycles. The molecule has 0 spiro atoms. The summed E-state index contributed by atoms with van der Waals surface area (Å²) in [4.78, 5) is 4.27. The van der Waals surface area contributed by atoms with Crippen molar-refractivity contribution < 1.29 is 0 Å². The van der Waals surface area contributed by atoms with Gasteiger partial charge in [0, 0.05) is 44.2 Å². The van der Waals surface area contributed by atoms with Crippen molar-refractivity contribution in [3.63, 3.8) is 0 Å². The number of hydrogen-bond acceptors (Lipinski definition) is 3. The van der Waals surface area contributed by atoms with E-state index in [1.165, 1.54) is 0 Å². The minimum absolute atomic E-state index is 0.691. The van der Waals surface area contributed by atoms with Crippen LogP contribution < -0.4 is 5.32 Å². The van der Waals surface area contributed by atoms with E-state index >= 15 is 0 Å². The van der Waals surface area contributed by atoms with Gasteiger partial charge < -0.3 is 9.88 Å². The molecule has 0 aliphatic heterocycles. The number of thioether (sulfide) groups is 1. The number of nitrogens with one attached hydrogen (secondary N) is 1. The molecule has 0 radical (unpaired) electrons. The van der Waals surface area contributed by atoms with Gasteiger partial charge in [-0.15, -0.1) is 0 Å². The van der Waals surface area contributed by atoms with E-state index in [1.807, 2.05) is 31.2 Å². The summed E-state index contributed by atoms with van der Waals surface area (Å²) in [6.07, 6.45) is 6.98. The summed E-state index contributed by atoms with van der Waals surface area (Å²) in [6, 6.07) is 0. The van der Waals surface area contributed by atoms with Crippen molar-refractivity contribution in [1.82, 2.24) is 14.9 Å². The Balaban J connectivity index is 2.13. The molecule has 1 aromatic rings. The Morgan fingerprint density at radius 3 is 3.00 bits per heavy atom. The van der Waals surface area contributed by atoms with Gasteiger partial charge in [0.1, 0.15) is 5.82 Å². The van der Waals surface area contributed by atoms with Crippen LogP contribution in [-0.4, -0.2) is 34.1 Å². The standard InChI is InChI=1S/C10H19N3S/c1-9(14-3)8-11-5-4-10-12-6-7-13(10)2/h6-7,9,11H,4-5,8H2,1-3H3. The van der Waals surface area contributed by atoms with Crippen LogP contribution in [-0.2, 0) is 13.5 Å². The summed E-state index contributed by atoms with van der Waals surface area (Å²) in [6.45, 7) is 4.32. The van der Waals surface area contributed by atoms with Crippen molar-refractivity contribution in [3.8, 4) is 0 Å². The molecular weight excluding hydrogens is 194 g/mol. The van der Waals surface area contributed by atoms with Crippen molar-refractivity contribution in [2.75, 3.05) is 19.3 Å². The first-order valence-electron chi connectivity index (χ1n) is 4.93. The van der Waals surface area contributed by atoms with E-state index in [4.69, 9.17) is 0 Å². The van der Waals surface area contributed by atoms with Gasteiger partial charge in [-0.25, -0.2) is 4.98 Å². The fourth-order valence-corrected chi connectivity index (χ4v) is 1.51. The first-order valence-corrected chi connectivity index (χ1v) is 6.22. The maximum atomic E-state index is 4.27. The monoisotopic (exact) mass is 213 g/mol. The van der Waals surface area contributed by atoms with Gasteiger partial charge >= 0.3 is 0 Å². The molecule has 1 rings (SSSR count). The Kier molecular flexibility index (Phi) is 5.04. The molecule has 4 heteroatoms. The highest BCUT2D eigenvalue weighted by molar-refractivity contribution is 7.99. The van der Waals surface area contributed by atoms with Gasteiger partial charge in [0.2, 0.25) is 0 Å². The van der Waals surface area contributed by atoms with Gasteiger partial charge in [-0.1, -0.05) is 6.92 Å². The lowest BCUT2D eigenvalue weighted by Gasteiger charge is -2.09. The average molecular weight is 213 g/mol. The van der Waals surface area contributed by atoms with Crippen LogP contribution in [0, 0.1) is 0 Å². The van der Waals surface area contributed by atoms with E-state index in [9.17, 15) is 0 Å². The number of aromatic nitrogens is 2. The Morgan fingerprint density at radius 2 is 2.43 bits per heavy atom. The van der Waals surface area contributed by atoms with Gasteiger partial charge in [-0.2, -0.15) is 11.8 Å². The Hall–Kier alpha value is -0.480. The van der Waals surface area contributed by atoms with Crippen LogP contribution in [0.2, 0.25) is 0 Å². The second kappa shape index (κ2) is 6.09. The third kappa shape index (κ3) is 3.72. The second-order valence-corrected chi connectivity index (χ2v) is 4.73. The van der Waals surface area contributed by atoms with Crippen molar-refractivity contribution in [2.24, 2.45) is 7.05 Å². The highest BCUT2D eigenvalue weighted by Gasteiger charge is 2.00. The van der Waals surface area contributed by atoms with Crippen LogP contribution in [0.5, 0.6) is 0 Å². The molecule has 0 aliphatic rings. The molecule has 0 saturated heterocycles. The first-order chi connectivity index (χ1) is 6.74. The summed E-state index contributed by atoms with van der Waals surface area (Å²) in [5, 5.41) is 4.12. The Morgan fingerprint density at radius 1 is 1.64 bits per heavy atom. The van der Waals surface area contributed by atoms with Crippen molar-refractivity contribution >= 4 is 11.8 Å². The van der Waals surface area contributed by atoms with Crippen LogP contribution >= 0.6 is 11.8 Å². The maximum Gasteiger partial charge on any atom is 0.109 e. The largest absolute Gasteiger partial charge is 0.338 e. The SMILES string of the molecule is CSC(C)CNCCc1nccn1C. The van der Waals surface area contributed by atoms with Gasteiger partial charge in [0.25, 0.3) is 0 Å². The van der Waals surface area contributed by atoms with Crippen LogP contribution in [0.25, 0.3) is 0 Å².